The van der Waals surface area contributed by atoms with E-state index in [-0.39, 0.29) is 28.2 Å². The molecule has 0 amide bonds. The van der Waals surface area contributed by atoms with Crippen LogP contribution in [0.25, 0.3) is 0 Å². The Hall–Kier alpha value is -2.57. The Bertz CT molecular complexity index is 684. The van der Waals surface area contributed by atoms with Crippen molar-refractivity contribution in [1.82, 2.24) is 4.98 Å². The van der Waals surface area contributed by atoms with Crippen molar-refractivity contribution in [2.45, 2.75) is 19.5 Å². The number of hydrogen-bond acceptors (Lipinski definition) is 3. The van der Waals surface area contributed by atoms with Gasteiger partial charge in [-0.1, -0.05) is 0 Å². The number of carboxylic acids is 1. The Kier molecular flexibility index (Phi) is 4.35. The highest BCUT2D eigenvalue weighted by Gasteiger charge is 2.31. The summed E-state index contributed by atoms with van der Waals surface area (Å²) in [5.74, 6) is -1.05. The van der Waals surface area contributed by atoms with E-state index in [1.165, 1.54) is 31.5 Å². The Morgan fingerprint density at radius 3 is 2.59 bits per heavy atom. The summed E-state index contributed by atoms with van der Waals surface area (Å²) < 4.78 is 43.7. The fraction of sp³-hybridized carbons (Fsp3) is 0.200. The van der Waals surface area contributed by atoms with E-state index in [2.05, 4.69) is 4.98 Å². The van der Waals surface area contributed by atoms with Gasteiger partial charge >= 0.3 is 12.1 Å². The number of carbonyl (C=O) groups is 1. The molecule has 2 rings (SSSR count). The molecule has 4 nitrogen and oxygen atoms in total. The van der Waals surface area contributed by atoms with Gasteiger partial charge in [-0.05, 0) is 36.8 Å². The fourth-order valence-corrected chi connectivity index (χ4v) is 2.01. The molecule has 0 aliphatic carbocycles. The molecule has 22 heavy (non-hydrogen) atoms. The number of aromatic nitrogens is 1. The van der Waals surface area contributed by atoms with E-state index in [0.29, 0.717) is 0 Å². The van der Waals surface area contributed by atoms with Crippen LogP contribution in [0.2, 0.25) is 0 Å². The smallest absolute Gasteiger partial charge is 0.393 e. The molecule has 1 N–H and O–H groups in total. The molecule has 0 radical (unpaired) electrons. The topological polar surface area (TPSA) is 59.4 Å². The number of ether oxygens (including phenoxy) is 1. The van der Waals surface area contributed by atoms with Gasteiger partial charge in [0.15, 0.2) is 0 Å². The molecule has 1 heterocycles. The van der Waals surface area contributed by atoms with Gasteiger partial charge in [0.2, 0.25) is 0 Å². The van der Waals surface area contributed by atoms with Crippen molar-refractivity contribution in [2.24, 2.45) is 0 Å². The highest BCUT2D eigenvalue weighted by Crippen LogP contribution is 2.34. The molecule has 0 fully saturated rings. The lowest BCUT2D eigenvalue weighted by molar-refractivity contribution is -0.127. The van der Waals surface area contributed by atoms with Crippen LogP contribution in [0.4, 0.5) is 13.2 Å². The second-order valence-electron chi connectivity index (χ2n) is 4.60. The van der Waals surface area contributed by atoms with E-state index in [1.54, 1.807) is 12.1 Å². The zero-order valence-corrected chi connectivity index (χ0v) is 11.5. The van der Waals surface area contributed by atoms with Crippen molar-refractivity contribution in [1.29, 1.82) is 0 Å². The van der Waals surface area contributed by atoms with Gasteiger partial charge in [-0.2, -0.15) is 13.2 Å². The molecular weight excluding hydrogens is 299 g/mol. The third kappa shape index (κ3) is 3.75. The monoisotopic (exact) mass is 311 g/mol. The van der Waals surface area contributed by atoms with Gasteiger partial charge in [-0.25, -0.2) is 4.79 Å². The number of rotatable bonds is 4. The van der Waals surface area contributed by atoms with E-state index in [0.717, 1.165) is 0 Å². The van der Waals surface area contributed by atoms with Gasteiger partial charge in [0.1, 0.15) is 11.5 Å². The lowest BCUT2D eigenvalue weighted by atomic mass is 9.98. The minimum absolute atomic E-state index is 0.0335. The van der Waals surface area contributed by atoms with Crippen molar-refractivity contribution >= 4 is 5.97 Å². The molecule has 0 spiro atoms. The molecule has 0 unspecified atom stereocenters. The maximum absolute atomic E-state index is 12.8. The molecule has 0 saturated heterocycles. The fourth-order valence-electron chi connectivity index (χ4n) is 2.01. The molecule has 116 valence electrons. The average Bonchev–Trinajstić information content (AvgIpc) is 2.42. The van der Waals surface area contributed by atoms with Crippen LogP contribution >= 0.6 is 0 Å². The predicted octanol–water partition coefficient (Wildman–Crippen LogP) is 3.99. The lowest BCUT2D eigenvalue weighted by Gasteiger charge is -2.16. The van der Waals surface area contributed by atoms with Crippen molar-refractivity contribution in [3.8, 4) is 11.5 Å². The highest BCUT2D eigenvalue weighted by atomic mass is 19.4. The summed E-state index contributed by atoms with van der Waals surface area (Å²) in [5, 5.41) is 9.04. The average molecular weight is 311 g/mol. The lowest BCUT2D eigenvalue weighted by Crippen LogP contribution is -2.15. The first kappa shape index (κ1) is 15.8. The van der Waals surface area contributed by atoms with Gasteiger partial charge in [0.05, 0.1) is 18.2 Å². The first-order chi connectivity index (χ1) is 10.3. The minimum Gasteiger partial charge on any atom is -0.478 e. The Balaban J connectivity index is 2.48. The zero-order valence-electron chi connectivity index (χ0n) is 11.5. The van der Waals surface area contributed by atoms with Crippen LogP contribution in [0.1, 0.15) is 21.5 Å². The summed E-state index contributed by atoms with van der Waals surface area (Å²) in [6, 6.07) is 5.58. The summed E-state index contributed by atoms with van der Waals surface area (Å²) in [4.78, 5) is 14.9. The first-order valence-corrected chi connectivity index (χ1v) is 6.28. The number of carboxylic acid groups (broad SMARTS) is 1. The molecule has 2 aromatic rings. The van der Waals surface area contributed by atoms with E-state index >= 15 is 0 Å². The van der Waals surface area contributed by atoms with Gasteiger partial charge in [0, 0.05) is 11.8 Å². The Labute approximate surface area is 124 Å². The summed E-state index contributed by atoms with van der Waals surface area (Å²) >= 11 is 0. The normalized spacial score (nSPS) is 11.3. The van der Waals surface area contributed by atoms with Crippen LogP contribution in [0, 0.1) is 6.92 Å². The van der Waals surface area contributed by atoms with Crippen molar-refractivity contribution in [3.63, 3.8) is 0 Å². The Morgan fingerprint density at radius 1 is 1.32 bits per heavy atom. The maximum atomic E-state index is 12.8. The largest absolute Gasteiger partial charge is 0.478 e. The van der Waals surface area contributed by atoms with E-state index in [1.807, 2.05) is 0 Å². The van der Waals surface area contributed by atoms with Gasteiger partial charge < -0.3 is 9.84 Å². The van der Waals surface area contributed by atoms with E-state index in [4.69, 9.17) is 9.84 Å². The number of hydrogen-bond donors (Lipinski definition) is 1. The van der Waals surface area contributed by atoms with E-state index < -0.39 is 18.6 Å². The first-order valence-electron chi connectivity index (χ1n) is 6.28. The van der Waals surface area contributed by atoms with Crippen LogP contribution in [0.5, 0.6) is 11.5 Å². The number of nitrogens with zero attached hydrogens (tertiary/aromatic N) is 1. The number of aromatic carboxylic acids is 1. The van der Waals surface area contributed by atoms with Gasteiger partial charge in [0.25, 0.3) is 0 Å². The summed E-state index contributed by atoms with van der Waals surface area (Å²) in [5.41, 5.74) is -0.347. The quantitative estimate of drug-likeness (QED) is 0.927. The number of pyridine rings is 1. The minimum atomic E-state index is -4.48. The third-order valence-corrected chi connectivity index (χ3v) is 3.03. The second kappa shape index (κ2) is 6.05. The second-order valence-corrected chi connectivity index (χ2v) is 4.60. The Morgan fingerprint density at radius 2 is 2.05 bits per heavy atom. The number of benzene rings is 1. The van der Waals surface area contributed by atoms with Crippen LogP contribution in [0.3, 0.4) is 0 Å². The van der Waals surface area contributed by atoms with Crippen molar-refractivity contribution in [2.75, 3.05) is 0 Å². The van der Waals surface area contributed by atoms with Crippen molar-refractivity contribution in [3.05, 3.63) is 53.3 Å². The molecular formula is C15H12F3NO3. The summed E-state index contributed by atoms with van der Waals surface area (Å²) in [6.07, 6.45) is -2.88. The van der Waals surface area contributed by atoms with Crippen LogP contribution in [0.15, 0.2) is 36.7 Å². The predicted molar refractivity (Wildman–Crippen MR) is 72.2 cm³/mol. The van der Waals surface area contributed by atoms with Crippen LogP contribution in [-0.2, 0) is 6.42 Å². The molecule has 0 aliphatic rings. The molecule has 1 aromatic heterocycles. The molecule has 7 heteroatoms. The summed E-state index contributed by atoms with van der Waals surface area (Å²) in [6.45, 7) is 1.33. The maximum Gasteiger partial charge on any atom is 0.393 e. The standard InChI is InChI=1S/C15H12F3NO3/c1-9-11(14(20)21)4-5-13(12(9)7-15(16,17)18)22-10-3-2-6-19-8-10/h2-6,8H,7H2,1H3,(H,20,21). The molecule has 0 saturated carbocycles. The molecule has 0 bridgehead atoms. The van der Waals surface area contributed by atoms with E-state index in [9.17, 15) is 18.0 Å². The van der Waals surface area contributed by atoms with Gasteiger partial charge in [-0.3, -0.25) is 4.98 Å². The number of halogens is 3. The summed E-state index contributed by atoms with van der Waals surface area (Å²) in [7, 11) is 0. The SMILES string of the molecule is Cc1c(C(=O)O)ccc(Oc2cccnc2)c1CC(F)(F)F. The zero-order chi connectivity index (χ0) is 16.3. The van der Waals surface area contributed by atoms with Gasteiger partial charge in [-0.15, -0.1) is 0 Å². The molecule has 1 aromatic carbocycles. The molecule has 0 aliphatic heterocycles. The van der Waals surface area contributed by atoms with Crippen molar-refractivity contribution < 1.29 is 27.8 Å². The highest BCUT2D eigenvalue weighted by molar-refractivity contribution is 5.90. The molecule has 0 atom stereocenters. The van der Waals surface area contributed by atoms with Crippen LogP contribution < -0.4 is 4.74 Å². The number of alkyl halides is 3. The van der Waals surface area contributed by atoms with Crippen LogP contribution in [-0.4, -0.2) is 22.2 Å². The third-order valence-electron chi connectivity index (χ3n) is 3.03.